The molecule has 0 aliphatic heterocycles. The number of aromatic amines is 1. The highest BCUT2D eigenvalue weighted by Crippen LogP contribution is 2.24. The number of hydrogen-bond donors (Lipinski definition) is 2. The average Bonchev–Trinajstić information content (AvgIpc) is 2.96. The van der Waals surface area contributed by atoms with Gasteiger partial charge < -0.3 is 15.2 Å². The molecular weight excluding hydrogens is 216 g/mol. The van der Waals surface area contributed by atoms with Crippen LogP contribution in [-0.4, -0.2) is 15.1 Å². The van der Waals surface area contributed by atoms with Gasteiger partial charge in [0.2, 0.25) is 11.7 Å². The van der Waals surface area contributed by atoms with Gasteiger partial charge in [0.05, 0.1) is 6.54 Å². The van der Waals surface area contributed by atoms with Crippen molar-refractivity contribution in [2.75, 3.05) is 0 Å². The number of aryl methyl sites for hydroxylation is 1. The molecule has 86 valence electrons. The number of aromatic nitrogens is 3. The molecule has 0 saturated carbocycles. The minimum Gasteiger partial charge on any atom is -0.361 e. The molecule has 0 amide bonds. The van der Waals surface area contributed by atoms with Crippen LogP contribution in [0.25, 0.3) is 22.3 Å². The number of nitrogens with zero attached hydrogens (tertiary/aromatic N) is 2. The Morgan fingerprint density at radius 1 is 1.41 bits per heavy atom. The van der Waals surface area contributed by atoms with Gasteiger partial charge in [-0.15, -0.1) is 0 Å². The lowest BCUT2D eigenvalue weighted by atomic mass is 10.1. The van der Waals surface area contributed by atoms with Gasteiger partial charge in [-0.3, -0.25) is 0 Å². The predicted molar refractivity (Wildman–Crippen MR) is 64.2 cm³/mol. The molecule has 17 heavy (non-hydrogen) atoms. The van der Waals surface area contributed by atoms with Crippen molar-refractivity contribution < 1.29 is 4.52 Å². The Morgan fingerprint density at radius 3 is 3.06 bits per heavy atom. The molecular formula is C12H12N4O. The number of nitrogens with one attached hydrogen (secondary N) is 1. The van der Waals surface area contributed by atoms with Crippen LogP contribution < -0.4 is 5.73 Å². The zero-order valence-electron chi connectivity index (χ0n) is 9.40. The van der Waals surface area contributed by atoms with E-state index in [0.717, 1.165) is 11.1 Å². The van der Waals surface area contributed by atoms with E-state index in [1.807, 2.05) is 24.4 Å². The first kappa shape index (κ1) is 10.0. The summed E-state index contributed by atoms with van der Waals surface area (Å²) in [5, 5.41) is 5.07. The van der Waals surface area contributed by atoms with E-state index in [4.69, 9.17) is 10.3 Å². The van der Waals surface area contributed by atoms with Crippen LogP contribution >= 0.6 is 0 Å². The van der Waals surface area contributed by atoms with Gasteiger partial charge in [0, 0.05) is 22.7 Å². The molecule has 0 aliphatic rings. The average molecular weight is 228 g/mol. The van der Waals surface area contributed by atoms with Crippen molar-refractivity contribution in [2.24, 2.45) is 5.73 Å². The van der Waals surface area contributed by atoms with Crippen LogP contribution in [0.15, 0.2) is 28.9 Å². The minimum atomic E-state index is 0.262. The smallest absolute Gasteiger partial charge is 0.240 e. The standard InChI is InChI=1S/C12H12N4O/c1-7-6-14-10-3-2-8(4-9(7)10)12-15-11(5-13)17-16-12/h2-4,6,14H,5,13H2,1H3. The molecule has 1 aromatic carbocycles. The van der Waals surface area contributed by atoms with Crippen molar-refractivity contribution in [3.05, 3.63) is 35.9 Å². The molecule has 0 radical (unpaired) electrons. The van der Waals surface area contributed by atoms with E-state index < -0.39 is 0 Å². The maximum atomic E-state index is 5.44. The molecule has 3 aromatic rings. The number of H-pyrrole nitrogens is 1. The van der Waals surface area contributed by atoms with Gasteiger partial charge in [-0.25, -0.2) is 0 Å². The Kier molecular flexibility index (Phi) is 2.19. The van der Waals surface area contributed by atoms with Crippen molar-refractivity contribution in [3.8, 4) is 11.4 Å². The maximum Gasteiger partial charge on any atom is 0.240 e. The summed E-state index contributed by atoms with van der Waals surface area (Å²) >= 11 is 0. The van der Waals surface area contributed by atoms with Crippen LogP contribution in [0.2, 0.25) is 0 Å². The quantitative estimate of drug-likeness (QED) is 0.702. The predicted octanol–water partition coefficient (Wildman–Crippen LogP) is 1.99. The topological polar surface area (TPSA) is 80.7 Å². The SMILES string of the molecule is Cc1c[nH]c2ccc(-c3noc(CN)n3)cc12. The lowest BCUT2D eigenvalue weighted by Gasteiger charge is -1.96. The van der Waals surface area contributed by atoms with Crippen LogP contribution in [0.5, 0.6) is 0 Å². The summed E-state index contributed by atoms with van der Waals surface area (Å²) in [5.74, 6) is 1.03. The summed E-state index contributed by atoms with van der Waals surface area (Å²) < 4.78 is 5.00. The Balaban J connectivity index is 2.13. The molecule has 5 nitrogen and oxygen atoms in total. The van der Waals surface area contributed by atoms with E-state index in [-0.39, 0.29) is 6.54 Å². The zero-order chi connectivity index (χ0) is 11.8. The summed E-state index contributed by atoms with van der Waals surface area (Å²) in [4.78, 5) is 7.41. The van der Waals surface area contributed by atoms with Crippen LogP contribution in [0.4, 0.5) is 0 Å². The van der Waals surface area contributed by atoms with E-state index >= 15 is 0 Å². The third kappa shape index (κ3) is 1.60. The van der Waals surface area contributed by atoms with Gasteiger partial charge in [-0.2, -0.15) is 4.98 Å². The molecule has 0 atom stereocenters. The van der Waals surface area contributed by atoms with Crippen LogP contribution in [0, 0.1) is 6.92 Å². The fraction of sp³-hybridized carbons (Fsp3) is 0.167. The van der Waals surface area contributed by atoms with Crippen LogP contribution in [0.3, 0.4) is 0 Å². The minimum absolute atomic E-state index is 0.262. The molecule has 3 N–H and O–H groups in total. The Hall–Kier alpha value is -2.14. The van der Waals surface area contributed by atoms with Gasteiger partial charge in [-0.1, -0.05) is 5.16 Å². The number of benzene rings is 1. The summed E-state index contributed by atoms with van der Waals surface area (Å²) in [6.07, 6.45) is 1.98. The summed E-state index contributed by atoms with van der Waals surface area (Å²) in [5.41, 5.74) is 8.68. The van der Waals surface area contributed by atoms with Crippen LogP contribution in [0.1, 0.15) is 11.5 Å². The Bertz CT molecular complexity index is 668. The molecule has 0 spiro atoms. The number of fused-ring (bicyclic) bond motifs is 1. The van der Waals surface area contributed by atoms with Crippen molar-refractivity contribution in [1.82, 2.24) is 15.1 Å². The number of nitrogens with two attached hydrogens (primary N) is 1. The van der Waals surface area contributed by atoms with Crippen molar-refractivity contribution in [3.63, 3.8) is 0 Å². The first-order valence-corrected chi connectivity index (χ1v) is 5.38. The monoisotopic (exact) mass is 228 g/mol. The molecule has 3 rings (SSSR count). The molecule has 0 fully saturated rings. The van der Waals surface area contributed by atoms with Crippen molar-refractivity contribution in [2.45, 2.75) is 13.5 Å². The molecule has 0 bridgehead atoms. The van der Waals surface area contributed by atoms with E-state index in [1.54, 1.807) is 0 Å². The van der Waals surface area contributed by atoms with E-state index in [1.165, 1.54) is 10.9 Å². The summed E-state index contributed by atoms with van der Waals surface area (Å²) in [6, 6.07) is 6.02. The van der Waals surface area contributed by atoms with E-state index in [0.29, 0.717) is 11.7 Å². The number of hydrogen-bond acceptors (Lipinski definition) is 4. The lowest BCUT2D eigenvalue weighted by Crippen LogP contribution is -1.95. The first-order valence-electron chi connectivity index (χ1n) is 5.38. The van der Waals surface area contributed by atoms with Crippen LogP contribution in [-0.2, 0) is 6.54 Å². The fourth-order valence-electron chi connectivity index (χ4n) is 1.85. The molecule has 2 heterocycles. The van der Waals surface area contributed by atoms with Gasteiger partial charge in [0.1, 0.15) is 0 Å². The second kappa shape index (κ2) is 3.71. The Morgan fingerprint density at radius 2 is 2.29 bits per heavy atom. The maximum absolute atomic E-state index is 5.44. The third-order valence-corrected chi connectivity index (χ3v) is 2.79. The molecule has 5 heteroatoms. The third-order valence-electron chi connectivity index (χ3n) is 2.79. The van der Waals surface area contributed by atoms with Gasteiger partial charge >= 0.3 is 0 Å². The fourth-order valence-corrected chi connectivity index (χ4v) is 1.85. The molecule has 2 aromatic heterocycles. The van der Waals surface area contributed by atoms with Gasteiger partial charge in [0.15, 0.2) is 0 Å². The van der Waals surface area contributed by atoms with Gasteiger partial charge in [-0.05, 0) is 30.7 Å². The molecule has 0 aliphatic carbocycles. The number of rotatable bonds is 2. The molecule has 0 saturated heterocycles. The highest BCUT2D eigenvalue weighted by Gasteiger charge is 2.09. The first-order chi connectivity index (χ1) is 8.28. The largest absolute Gasteiger partial charge is 0.361 e. The lowest BCUT2D eigenvalue weighted by molar-refractivity contribution is 0.380. The molecule has 0 unspecified atom stereocenters. The van der Waals surface area contributed by atoms with Crippen molar-refractivity contribution in [1.29, 1.82) is 0 Å². The van der Waals surface area contributed by atoms with Crippen molar-refractivity contribution >= 4 is 10.9 Å². The summed E-state index contributed by atoms with van der Waals surface area (Å²) in [7, 11) is 0. The van der Waals surface area contributed by atoms with E-state index in [2.05, 4.69) is 22.0 Å². The second-order valence-corrected chi connectivity index (χ2v) is 3.95. The summed E-state index contributed by atoms with van der Waals surface area (Å²) in [6.45, 7) is 2.32. The normalized spacial score (nSPS) is 11.2. The zero-order valence-corrected chi connectivity index (χ0v) is 9.40. The highest BCUT2D eigenvalue weighted by atomic mass is 16.5. The second-order valence-electron chi connectivity index (χ2n) is 3.95. The highest BCUT2D eigenvalue weighted by molar-refractivity contribution is 5.86. The Labute approximate surface area is 97.6 Å². The van der Waals surface area contributed by atoms with Gasteiger partial charge in [0.25, 0.3) is 0 Å². The van der Waals surface area contributed by atoms with E-state index in [9.17, 15) is 0 Å².